The molecule has 0 aromatic heterocycles. The molecule has 2 heteroatoms. The first-order valence-corrected chi connectivity index (χ1v) is 6.96. The zero-order valence-electron chi connectivity index (χ0n) is 12.3. The molecule has 2 N–H and O–H groups in total. The number of nitrogens with two attached hydrogens (primary N) is 1. The van der Waals surface area contributed by atoms with Gasteiger partial charge in [0, 0.05) is 17.2 Å². The Morgan fingerprint density at radius 1 is 1.24 bits per heavy atom. The first-order chi connectivity index (χ1) is 8.00. The van der Waals surface area contributed by atoms with Crippen molar-refractivity contribution >= 4 is 5.71 Å². The van der Waals surface area contributed by atoms with E-state index in [4.69, 9.17) is 10.7 Å². The Morgan fingerprint density at radius 3 is 2.29 bits per heavy atom. The molecule has 1 atom stereocenters. The maximum Gasteiger partial charge on any atom is 0.0446 e. The zero-order chi connectivity index (χ0) is 13.3. The van der Waals surface area contributed by atoms with E-state index in [1.165, 1.54) is 37.8 Å². The molecule has 100 valence electrons. The molecule has 0 aliphatic rings. The fourth-order valence-corrected chi connectivity index (χ4v) is 2.27. The monoisotopic (exact) mass is 238 g/mol. The Bertz CT molecular complexity index is 254. The summed E-state index contributed by atoms with van der Waals surface area (Å²) in [6, 6.07) is 0.332. The molecular formula is C15H30N2. The fourth-order valence-electron chi connectivity index (χ4n) is 2.27. The first kappa shape index (κ1) is 16.2. The van der Waals surface area contributed by atoms with Gasteiger partial charge in [-0.2, -0.15) is 0 Å². The topological polar surface area (TPSA) is 38.4 Å². The maximum absolute atomic E-state index is 5.57. The second kappa shape index (κ2) is 8.32. The van der Waals surface area contributed by atoms with Gasteiger partial charge in [0.1, 0.15) is 0 Å². The largest absolute Gasteiger partial charge is 0.405 e. The number of hydrogen-bond acceptors (Lipinski definition) is 2. The summed E-state index contributed by atoms with van der Waals surface area (Å²) in [7, 11) is 0. The lowest BCUT2D eigenvalue weighted by Crippen LogP contribution is -2.27. The van der Waals surface area contributed by atoms with E-state index in [-0.39, 0.29) is 5.41 Å². The van der Waals surface area contributed by atoms with Crippen molar-refractivity contribution < 1.29 is 0 Å². The van der Waals surface area contributed by atoms with Gasteiger partial charge in [0.2, 0.25) is 0 Å². The van der Waals surface area contributed by atoms with Gasteiger partial charge in [-0.25, -0.2) is 0 Å². The number of nitrogens with zero attached hydrogens (tertiary/aromatic N) is 1. The van der Waals surface area contributed by atoms with Crippen molar-refractivity contribution in [2.75, 3.05) is 0 Å². The van der Waals surface area contributed by atoms with Gasteiger partial charge in [-0.15, -0.1) is 0 Å². The van der Waals surface area contributed by atoms with Crippen LogP contribution >= 0.6 is 0 Å². The van der Waals surface area contributed by atoms with Crippen molar-refractivity contribution in [2.45, 2.75) is 72.8 Å². The molecule has 1 unspecified atom stereocenters. The van der Waals surface area contributed by atoms with E-state index in [1.807, 2.05) is 6.08 Å². The van der Waals surface area contributed by atoms with Crippen molar-refractivity contribution in [1.29, 1.82) is 0 Å². The SMILES string of the molecule is CCCCC(C)(CCC)C(/C=C\N)=NC(C)C. The summed E-state index contributed by atoms with van der Waals surface area (Å²) >= 11 is 0. The Balaban J connectivity index is 5.06. The van der Waals surface area contributed by atoms with Gasteiger partial charge in [-0.3, -0.25) is 4.99 Å². The zero-order valence-corrected chi connectivity index (χ0v) is 12.3. The van der Waals surface area contributed by atoms with E-state index in [1.54, 1.807) is 6.20 Å². The molecule has 0 spiro atoms. The lowest BCUT2D eigenvalue weighted by atomic mass is 9.76. The first-order valence-electron chi connectivity index (χ1n) is 6.96. The molecule has 2 nitrogen and oxygen atoms in total. The molecule has 0 rings (SSSR count). The van der Waals surface area contributed by atoms with Crippen LogP contribution in [0.2, 0.25) is 0 Å². The van der Waals surface area contributed by atoms with Crippen molar-refractivity contribution in [1.82, 2.24) is 0 Å². The second-order valence-electron chi connectivity index (χ2n) is 5.38. The molecule has 0 fully saturated rings. The van der Waals surface area contributed by atoms with Gasteiger partial charge in [0.25, 0.3) is 0 Å². The Labute approximate surface area is 107 Å². The van der Waals surface area contributed by atoms with Gasteiger partial charge >= 0.3 is 0 Å². The third-order valence-electron chi connectivity index (χ3n) is 3.15. The molecule has 0 aliphatic heterocycles. The van der Waals surface area contributed by atoms with Crippen LogP contribution in [0.5, 0.6) is 0 Å². The van der Waals surface area contributed by atoms with E-state index >= 15 is 0 Å². The van der Waals surface area contributed by atoms with Gasteiger partial charge in [0.15, 0.2) is 0 Å². The number of hydrogen-bond donors (Lipinski definition) is 1. The third-order valence-corrected chi connectivity index (χ3v) is 3.15. The molecule has 0 saturated carbocycles. The molecule has 0 amide bonds. The van der Waals surface area contributed by atoms with Crippen LogP contribution in [0.15, 0.2) is 17.3 Å². The molecular weight excluding hydrogens is 208 g/mol. The minimum absolute atomic E-state index is 0.185. The number of aliphatic imine (C=N–C) groups is 1. The molecule has 0 aliphatic carbocycles. The summed E-state index contributed by atoms with van der Waals surface area (Å²) in [6.07, 6.45) is 9.69. The lowest BCUT2D eigenvalue weighted by molar-refractivity contribution is 0.375. The Kier molecular flexibility index (Phi) is 7.94. The lowest BCUT2D eigenvalue weighted by Gasteiger charge is -2.30. The average Bonchev–Trinajstić information content (AvgIpc) is 2.26. The van der Waals surface area contributed by atoms with Crippen LogP contribution in [0.3, 0.4) is 0 Å². The highest BCUT2D eigenvalue weighted by Crippen LogP contribution is 2.32. The molecule has 0 bridgehead atoms. The van der Waals surface area contributed by atoms with Gasteiger partial charge in [-0.05, 0) is 39.0 Å². The minimum atomic E-state index is 0.185. The molecule has 17 heavy (non-hydrogen) atoms. The summed E-state index contributed by atoms with van der Waals surface area (Å²) in [5, 5.41) is 0. The third kappa shape index (κ3) is 5.90. The van der Waals surface area contributed by atoms with Gasteiger partial charge in [-0.1, -0.05) is 40.0 Å². The van der Waals surface area contributed by atoms with Gasteiger partial charge in [0.05, 0.1) is 0 Å². The van der Waals surface area contributed by atoms with Crippen LogP contribution in [-0.2, 0) is 0 Å². The number of unbranched alkanes of at least 4 members (excludes halogenated alkanes) is 1. The predicted octanol–water partition coefficient (Wildman–Crippen LogP) is 4.30. The van der Waals surface area contributed by atoms with E-state index < -0.39 is 0 Å². The maximum atomic E-state index is 5.57. The van der Waals surface area contributed by atoms with E-state index in [2.05, 4.69) is 34.6 Å². The second-order valence-corrected chi connectivity index (χ2v) is 5.38. The van der Waals surface area contributed by atoms with Crippen LogP contribution in [0.25, 0.3) is 0 Å². The minimum Gasteiger partial charge on any atom is -0.405 e. The molecule has 0 aromatic rings. The van der Waals surface area contributed by atoms with Crippen molar-refractivity contribution in [2.24, 2.45) is 16.1 Å². The Hall–Kier alpha value is -0.790. The summed E-state index contributed by atoms with van der Waals surface area (Å²) in [5.41, 5.74) is 6.92. The van der Waals surface area contributed by atoms with Crippen molar-refractivity contribution in [3.8, 4) is 0 Å². The van der Waals surface area contributed by atoms with E-state index in [0.29, 0.717) is 6.04 Å². The summed E-state index contributed by atoms with van der Waals surface area (Å²) in [4.78, 5) is 4.76. The summed E-state index contributed by atoms with van der Waals surface area (Å²) in [5.74, 6) is 0. The summed E-state index contributed by atoms with van der Waals surface area (Å²) < 4.78 is 0. The van der Waals surface area contributed by atoms with E-state index in [0.717, 1.165) is 0 Å². The predicted molar refractivity (Wildman–Crippen MR) is 78.4 cm³/mol. The quantitative estimate of drug-likeness (QED) is 0.629. The average molecular weight is 238 g/mol. The van der Waals surface area contributed by atoms with Crippen molar-refractivity contribution in [3.05, 3.63) is 12.3 Å². The highest BCUT2D eigenvalue weighted by Gasteiger charge is 2.27. The fraction of sp³-hybridized carbons (Fsp3) is 0.800. The van der Waals surface area contributed by atoms with Crippen LogP contribution in [0.1, 0.15) is 66.7 Å². The molecule has 0 saturated heterocycles. The number of rotatable bonds is 8. The van der Waals surface area contributed by atoms with Crippen molar-refractivity contribution in [3.63, 3.8) is 0 Å². The standard InChI is InChI=1S/C15H30N2/c1-6-8-11-15(5,10-7-2)14(9-12-16)17-13(3)4/h9,12-13H,6-8,10-11,16H2,1-5H3/b12-9-,17-14?. The normalized spacial score (nSPS) is 16.7. The van der Waals surface area contributed by atoms with Crippen LogP contribution in [0.4, 0.5) is 0 Å². The molecule has 0 heterocycles. The van der Waals surface area contributed by atoms with Crippen LogP contribution in [-0.4, -0.2) is 11.8 Å². The van der Waals surface area contributed by atoms with Gasteiger partial charge < -0.3 is 5.73 Å². The Morgan fingerprint density at radius 2 is 1.88 bits per heavy atom. The van der Waals surface area contributed by atoms with Crippen LogP contribution in [0, 0.1) is 5.41 Å². The summed E-state index contributed by atoms with van der Waals surface area (Å²) in [6.45, 7) is 11.0. The molecule has 0 aromatic carbocycles. The van der Waals surface area contributed by atoms with E-state index in [9.17, 15) is 0 Å². The highest BCUT2D eigenvalue weighted by molar-refractivity contribution is 5.99. The van der Waals surface area contributed by atoms with Crippen LogP contribution < -0.4 is 5.73 Å². The number of allylic oxidation sites excluding steroid dienone is 1. The smallest absolute Gasteiger partial charge is 0.0446 e. The highest BCUT2D eigenvalue weighted by atomic mass is 14.8. The molecule has 0 radical (unpaired) electrons.